The summed E-state index contributed by atoms with van der Waals surface area (Å²) in [5, 5.41) is 0.468. The highest BCUT2D eigenvalue weighted by atomic mass is 31.0. The second kappa shape index (κ2) is 3.45. The minimum absolute atomic E-state index is 0.468. The molecule has 0 amide bonds. The maximum Gasteiger partial charge on any atom is -0.0207 e. The SMILES string of the molecule is CCCCC(C)(C)P. The van der Waals surface area contributed by atoms with Crippen molar-refractivity contribution in [1.29, 1.82) is 0 Å². The molecule has 0 aromatic rings. The molecule has 0 aliphatic rings. The maximum absolute atomic E-state index is 2.87. The topological polar surface area (TPSA) is 0 Å². The van der Waals surface area contributed by atoms with E-state index in [1.165, 1.54) is 19.3 Å². The van der Waals surface area contributed by atoms with E-state index in [1.807, 2.05) is 0 Å². The van der Waals surface area contributed by atoms with Gasteiger partial charge in [0.1, 0.15) is 0 Å². The van der Waals surface area contributed by atoms with Gasteiger partial charge in [-0.15, -0.1) is 9.24 Å². The summed E-state index contributed by atoms with van der Waals surface area (Å²) in [6.07, 6.45) is 4.00. The Labute approximate surface area is 55.3 Å². The monoisotopic (exact) mass is 132 g/mol. The van der Waals surface area contributed by atoms with Gasteiger partial charge in [-0.25, -0.2) is 0 Å². The van der Waals surface area contributed by atoms with Crippen LogP contribution in [0.25, 0.3) is 0 Å². The van der Waals surface area contributed by atoms with E-state index in [0.29, 0.717) is 5.16 Å². The van der Waals surface area contributed by atoms with Crippen LogP contribution in [0.1, 0.15) is 40.0 Å². The van der Waals surface area contributed by atoms with Crippen LogP contribution in [-0.2, 0) is 0 Å². The van der Waals surface area contributed by atoms with Crippen molar-refractivity contribution < 1.29 is 0 Å². The van der Waals surface area contributed by atoms with Gasteiger partial charge in [-0.05, 0) is 11.6 Å². The molecular formula is C7H17P. The molecule has 0 saturated heterocycles. The highest BCUT2D eigenvalue weighted by Crippen LogP contribution is 2.22. The van der Waals surface area contributed by atoms with Crippen molar-refractivity contribution in [2.75, 3.05) is 0 Å². The molecule has 0 aromatic carbocycles. The molecule has 0 rings (SSSR count). The molecule has 0 N–H and O–H groups in total. The van der Waals surface area contributed by atoms with Crippen LogP contribution in [0.15, 0.2) is 0 Å². The van der Waals surface area contributed by atoms with E-state index in [-0.39, 0.29) is 0 Å². The fourth-order valence-electron chi connectivity index (χ4n) is 0.632. The average Bonchev–Trinajstić information content (AvgIpc) is 1.59. The second-order valence-corrected chi connectivity index (χ2v) is 4.66. The largest absolute Gasteiger partial charge is 0.132 e. The molecule has 0 bridgehead atoms. The van der Waals surface area contributed by atoms with Gasteiger partial charge >= 0.3 is 0 Å². The number of unbranched alkanes of at least 4 members (excludes halogenated alkanes) is 1. The molecule has 0 aromatic heterocycles. The van der Waals surface area contributed by atoms with Crippen molar-refractivity contribution >= 4 is 9.24 Å². The molecule has 0 aliphatic carbocycles. The number of rotatable bonds is 3. The standard InChI is InChI=1S/C7H17P/c1-4-5-6-7(2,3)8/h4-6,8H2,1-3H3. The highest BCUT2D eigenvalue weighted by molar-refractivity contribution is 7.18. The molecule has 0 heterocycles. The van der Waals surface area contributed by atoms with Crippen LogP contribution < -0.4 is 0 Å². The fraction of sp³-hybridized carbons (Fsp3) is 1.00. The Bertz CT molecular complexity index is 51.9. The molecule has 1 atom stereocenters. The van der Waals surface area contributed by atoms with Crippen molar-refractivity contribution in [2.24, 2.45) is 0 Å². The maximum atomic E-state index is 2.87. The van der Waals surface area contributed by atoms with E-state index in [4.69, 9.17) is 0 Å². The lowest BCUT2D eigenvalue weighted by molar-refractivity contribution is 0.593. The van der Waals surface area contributed by atoms with Crippen LogP contribution >= 0.6 is 9.24 Å². The van der Waals surface area contributed by atoms with Crippen LogP contribution in [0.5, 0.6) is 0 Å². The van der Waals surface area contributed by atoms with Gasteiger partial charge in [-0.2, -0.15) is 0 Å². The smallest absolute Gasteiger partial charge is 0.0207 e. The first-order chi connectivity index (χ1) is 3.56. The Morgan fingerprint density at radius 1 is 1.38 bits per heavy atom. The summed E-state index contributed by atoms with van der Waals surface area (Å²) in [6.45, 7) is 6.75. The van der Waals surface area contributed by atoms with Gasteiger partial charge in [-0.1, -0.05) is 33.6 Å². The van der Waals surface area contributed by atoms with Gasteiger partial charge in [0, 0.05) is 0 Å². The van der Waals surface area contributed by atoms with Crippen LogP contribution in [0.3, 0.4) is 0 Å². The quantitative estimate of drug-likeness (QED) is 0.518. The van der Waals surface area contributed by atoms with Crippen LogP contribution in [0.2, 0.25) is 0 Å². The van der Waals surface area contributed by atoms with Crippen molar-refractivity contribution in [3.05, 3.63) is 0 Å². The van der Waals surface area contributed by atoms with Gasteiger partial charge in [-0.3, -0.25) is 0 Å². The summed E-state index contributed by atoms with van der Waals surface area (Å²) < 4.78 is 0. The third kappa shape index (κ3) is 6.43. The van der Waals surface area contributed by atoms with Crippen molar-refractivity contribution in [1.82, 2.24) is 0 Å². The highest BCUT2D eigenvalue weighted by Gasteiger charge is 2.07. The summed E-state index contributed by atoms with van der Waals surface area (Å²) >= 11 is 0. The zero-order valence-electron chi connectivity index (χ0n) is 6.20. The summed E-state index contributed by atoms with van der Waals surface area (Å²) in [6, 6.07) is 0. The normalized spacial score (nSPS) is 12.0. The van der Waals surface area contributed by atoms with Gasteiger partial charge < -0.3 is 0 Å². The summed E-state index contributed by atoms with van der Waals surface area (Å²) in [5.41, 5.74) is 0. The van der Waals surface area contributed by atoms with Gasteiger partial charge in [0.15, 0.2) is 0 Å². The number of hydrogen-bond acceptors (Lipinski definition) is 0. The van der Waals surface area contributed by atoms with E-state index in [9.17, 15) is 0 Å². The second-order valence-electron chi connectivity index (χ2n) is 3.09. The third-order valence-electron chi connectivity index (χ3n) is 1.17. The Morgan fingerprint density at radius 3 is 2.00 bits per heavy atom. The van der Waals surface area contributed by atoms with Gasteiger partial charge in [0.05, 0.1) is 0 Å². The fourth-order valence-corrected chi connectivity index (χ4v) is 0.837. The number of hydrogen-bond donors (Lipinski definition) is 0. The van der Waals surface area contributed by atoms with Crippen molar-refractivity contribution in [2.45, 2.75) is 45.2 Å². The minimum atomic E-state index is 0.468. The Kier molecular flexibility index (Phi) is 3.64. The molecule has 1 heteroatoms. The van der Waals surface area contributed by atoms with Crippen LogP contribution in [0, 0.1) is 0 Å². The molecule has 1 unspecified atom stereocenters. The zero-order valence-corrected chi connectivity index (χ0v) is 7.35. The molecular weight excluding hydrogens is 115 g/mol. The van der Waals surface area contributed by atoms with E-state index in [1.54, 1.807) is 0 Å². The molecule has 0 fully saturated rings. The first kappa shape index (κ1) is 8.43. The zero-order chi connectivity index (χ0) is 6.62. The Balaban J connectivity index is 3.11. The van der Waals surface area contributed by atoms with E-state index in [2.05, 4.69) is 30.0 Å². The molecule has 0 nitrogen and oxygen atoms in total. The molecule has 0 spiro atoms. The third-order valence-corrected chi connectivity index (χ3v) is 1.46. The Morgan fingerprint density at radius 2 is 1.88 bits per heavy atom. The predicted octanol–water partition coefficient (Wildman–Crippen LogP) is 2.83. The lowest BCUT2D eigenvalue weighted by Crippen LogP contribution is -2.07. The van der Waals surface area contributed by atoms with E-state index < -0.39 is 0 Å². The van der Waals surface area contributed by atoms with Crippen molar-refractivity contribution in [3.8, 4) is 0 Å². The van der Waals surface area contributed by atoms with Crippen LogP contribution in [0.4, 0.5) is 0 Å². The Hall–Kier alpha value is 0.430. The summed E-state index contributed by atoms with van der Waals surface area (Å²) in [7, 11) is 2.87. The molecule has 50 valence electrons. The molecule has 8 heavy (non-hydrogen) atoms. The van der Waals surface area contributed by atoms with Gasteiger partial charge in [0.2, 0.25) is 0 Å². The van der Waals surface area contributed by atoms with Gasteiger partial charge in [0.25, 0.3) is 0 Å². The molecule has 0 aliphatic heterocycles. The minimum Gasteiger partial charge on any atom is -0.132 e. The van der Waals surface area contributed by atoms with Crippen LogP contribution in [-0.4, -0.2) is 5.16 Å². The van der Waals surface area contributed by atoms with E-state index in [0.717, 1.165) is 0 Å². The first-order valence-corrected chi connectivity index (χ1v) is 3.93. The molecule has 0 radical (unpaired) electrons. The summed E-state index contributed by atoms with van der Waals surface area (Å²) in [4.78, 5) is 0. The van der Waals surface area contributed by atoms with Crippen molar-refractivity contribution in [3.63, 3.8) is 0 Å². The molecule has 0 saturated carbocycles. The van der Waals surface area contributed by atoms with E-state index >= 15 is 0 Å². The lowest BCUT2D eigenvalue weighted by atomic mass is 10.1. The first-order valence-electron chi connectivity index (χ1n) is 3.35. The average molecular weight is 132 g/mol. The summed E-state index contributed by atoms with van der Waals surface area (Å²) in [5.74, 6) is 0. The predicted molar refractivity (Wildman–Crippen MR) is 43.3 cm³/mol. The lowest BCUT2D eigenvalue weighted by Gasteiger charge is -2.16.